The normalized spacial score (nSPS) is 14.3. The van der Waals surface area contributed by atoms with Crippen molar-refractivity contribution in [1.82, 2.24) is 5.32 Å². The standard InChI is InChI=1S/C63H119N2O6P/c1-6-8-10-12-14-16-18-20-22-24-26-28-30-32-34-36-38-40-42-44-46-48-50-52-54-56-62(66)61(60-71-72(68,69)70-59-58-65(3,4)5)64-63(67)57-55-53-51-49-47-45-43-41-39-37-35-33-31-29-27-25-23-21-19-17-15-13-11-9-7-2/h9,11,15,17,21,23,27,29,54,56,61-62,66H,6-8,10,12-14,16,18-20,22,24-26,28,30-53,55,57-60H2,1-5H3,(H-,64,67,68,69)/p+1/b11-9-,17-15-,23-21-,29-27-,56-54+. The maximum absolute atomic E-state index is 13.0. The lowest BCUT2D eigenvalue weighted by atomic mass is 10.0. The van der Waals surface area contributed by atoms with E-state index in [1.165, 1.54) is 199 Å². The van der Waals surface area contributed by atoms with Crippen molar-refractivity contribution < 1.29 is 32.9 Å². The molecule has 8 nitrogen and oxygen atoms in total. The van der Waals surface area contributed by atoms with E-state index in [0.717, 1.165) is 64.2 Å². The molecular formula is C63H120N2O6P+. The predicted octanol–water partition coefficient (Wildman–Crippen LogP) is 18.9. The number of likely N-dealkylation sites (N-methyl/N-ethyl adjacent to an activating group) is 1. The quantitative estimate of drug-likeness (QED) is 0.0243. The topological polar surface area (TPSA) is 105 Å². The zero-order valence-corrected chi connectivity index (χ0v) is 49.1. The van der Waals surface area contributed by atoms with Crippen molar-refractivity contribution in [2.75, 3.05) is 40.9 Å². The Hall–Kier alpha value is -1.80. The van der Waals surface area contributed by atoms with Crippen molar-refractivity contribution in [2.45, 2.75) is 296 Å². The Morgan fingerprint density at radius 3 is 1.22 bits per heavy atom. The molecule has 0 aliphatic carbocycles. The van der Waals surface area contributed by atoms with Crippen molar-refractivity contribution in [3.8, 4) is 0 Å². The highest BCUT2D eigenvalue weighted by Gasteiger charge is 2.27. The number of unbranched alkanes of at least 4 members (excludes halogenated alkanes) is 35. The lowest BCUT2D eigenvalue weighted by molar-refractivity contribution is -0.870. The Morgan fingerprint density at radius 2 is 0.833 bits per heavy atom. The van der Waals surface area contributed by atoms with Crippen LogP contribution in [0.15, 0.2) is 60.8 Å². The highest BCUT2D eigenvalue weighted by molar-refractivity contribution is 7.47. The Kier molecular flexibility index (Phi) is 52.7. The minimum atomic E-state index is -4.35. The fraction of sp³-hybridized carbons (Fsp3) is 0.825. The fourth-order valence-corrected chi connectivity index (χ4v) is 9.71. The molecule has 0 aromatic carbocycles. The van der Waals surface area contributed by atoms with Crippen LogP contribution in [0, 0.1) is 0 Å². The van der Waals surface area contributed by atoms with Crippen LogP contribution in [0.3, 0.4) is 0 Å². The Morgan fingerprint density at radius 1 is 0.486 bits per heavy atom. The third-order valence-corrected chi connectivity index (χ3v) is 14.7. The number of rotatable bonds is 56. The molecule has 9 heteroatoms. The first-order chi connectivity index (χ1) is 35.0. The molecule has 3 N–H and O–H groups in total. The van der Waals surface area contributed by atoms with Crippen molar-refractivity contribution >= 4 is 13.7 Å². The molecule has 0 spiro atoms. The molecule has 0 fully saturated rings. The molecular weight excluding hydrogens is 912 g/mol. The van der Waals surface area contributed by atoms with Crippen molar-refractivity contribution in [3.05, 3.63) is 60.8 Å². The molecule has 0 saturated carbocycles. The van der Waals surface area contributed by atoms with Crippen LogP contribution < -0.4 is 5.32 Å². The summed E-state index contributed by atoms with van der Waals surface area (Å²) >= 11 is 0. The second kappa shape index (κ2) is 54.0. The van der Waals surface area contributed by atoms with Gasteiger partial charge in [-0.1, -0.05) is 280 Å². The first-order valence-corrected chi connectivity index (χ1v) is 32.2. The van der Waals surface area contributed by atoms with Crippen LogP contribution in [0.2, 0.25) is 0 Å². The SMILES string of the molecule is CC/C=C\C/C=C\C/C=C\C/C=C\CCCCCCCCCCCCCCC(=O)NC(COP(=O)(O)OCC[N+](C)(C)C)C(O)/C=C/CCCCCCCCCCCCCCCCCCCCCCCCC. The van der Waals surface area contributed by atoms with E-state index in [0.29, 0.717) is 17.4 Å². The van der Waals surface area contributed by atoms with E-state index in [1.54, 1.807) is 6.08 Å². The molecule has 0 saturated heterocycles. The highest BCUT2D eigenvalue weighted by atomic mass is 31.2. The van der Waals surface area contributed by atoms with Crippen LogP contribution in [-0.2, 0) is 18.4 Å². The number of nitrogens with one attached hydrogen (secondary N) is 1. The van der Waals surface area contributed by atoms with Gasteiger partial charge in [0.05, 0.1) is 39.9 Å². The molecule has 0 aromatic heterocycles. The molecule has 0 bridgehead atoms. The van der Waals surface area contributed by atoms with Crippen LogP contribution in [0.25, 0.3) is 0 Å². The van der Waals surface area contributed by atoms with Gasteiger partial charge < -0.3 is 19.8 Å². The second-order valence-electron chi connectivity index (χ2n) is 22.1. The monoisotopic (exact) mass is 1030 g/mol. The summed E-state index contributed by atoms with van der Waals surface area (Å²) in [6, 6.07) is -0.851. The van der Waals surface area contributed by atoms with E-state index in [2.05, 4.69) is 67.8 Å². The molecule has 0 heterocycles. The number of carbonyl (C=O) groups is 1. The summed E-state index contributed by atoms with van der Waals surface area (Å²) in [5, 5.41) is 14.0. The largest absolute Gasteiger partial charge is 0.472 e. The maximum Gasteiger partial charge on any atom is 0.472 e. The van der Waals surface area contributed by atoms with Gasteiger partial charge in [0.1, 0.15) is 13.2 Å². The van der Waals surface area contributed by atoms with Gasteiger partial charge in [0.25, 0.3) is 0 Å². The number of phosphoric ester groups is 1. The number of allylic oxidation sites excluding steroid dienone is 9. The number of aliphatic hydroxyl groups excluding tert-OH is 1. The summed E-state index contributed by atoms with van der Waals surface area (Å²) in [6.07, 6.45) is 73.3. The van der Waals surface area contributed by atoms with Gasteiger partial charge in [-0.25, -0.2) is 4.57 Å². The lowest BCUT2D eigenvalue weighted by Gasteiger charge is -2.25. The minimum Gasteiger partial charge on any atom is -0.387 e. The number of hydrogen-bond acceptors (Lipinski definition) is 5. The fourth-order valence-electron chi connectivity index (χ4n) is 8.98. The van der Waals surface area contributed by atoms with Gasteiger partial charge in [-0.2, -0.15) is 0 Å². The lowest BCUT2D eigenvalue weighted by Crippen LogP contribution is -2.45. The van der Waals surface area contributed by atoms with Gasteiger partial charge in [-0.05, 0) is 57.8 Å². The first kappa shape index (κ1) is 70.2. The number of hydrogen-bond donors (Lipinski definition) is 3. The van der Waals surface area contributed by atoms with Crippen LogP contribution in [0.5, 0.6) is 0 Å². The third-order valence-electron chi connectivity index (χ3n) is 13.7. The summed E-state index contributed by atoms with van der Waals surface area (Å²) in [4.78, 5) is 23.4. The summed E-state index contributed by atoms with van der Waals surface area (Å²) in [7, 11) is 1.57. The predicted molar refractivity (Wildman–Crippen MR) is 314 cm³/mol. The molecule has 72 heavy (non-hydrogen) atoms. The number of phosphoric acid groups is 1. The Labute approximate surface area is 447 Å². The van der Waals surface area contributed by atoms with Crippen molar-refractivity contribution in [2.24, 2.45) is 0 Å². The van der Waals surface area contributed by atoms with E-state index in [4.69, 9.17) is 9.05 Å². The van der Waals surface area contributed by atoms with Crippen LogP contribution in [0.1, 0.15) is 284 Å². The van der Waals surface area contributed by atoms with Gasteiger partial charge >= 0.3 is 7.82 Å². The molecule has 0 aliphatic heterocycles. The Balaban J connectivity index is 4.17. The van der Waals surface area contributed by atoms with Gasteiger partial charge in [0.15, 0.2) is 0 Å². The van der Waals surface area contributed by atoms with E-state index in [-0.39, 0.29) is 19.1 Å². The zero-order valence-electron chi connectivity index (χ0n) is 48.2. The van der Waals surface area contributed by atoms with E-state index in [1.807, 2.05) is 27.2 Å². The third kappa shape index (κ3) is 55.9. The minimum absolute atomic E-state index is 0.0601. The van der Waals surface area contributed by atoms with Crippen LogP contribution in [0.4, 0.5) is 0 Å². The summed E-state index contributed by atoms with van der Waals surface area (Å²) in [5.41, 5.74) is 0. The summed E-state index contributed by atoms with van der Waals surface area (Å²) < 4.78 is 23.8. The Bertz CT molecular complexity index is 1360. The smallest absolute Gasteiger partial charge is 0.387 e. The number of nitrogens with zero attached hydrogens (tertiary/aromatic N) is 1. The molecule has 0 radical (unpaired) electrons. The van der Waals surface area contributed by atoms with Crippen LogP contribution >= 0.6 is 7.82 Å². The number of carbonyl (C=O) groups excluding carboxylic acids is 1. The van der Waals surface area contributed by atoms with Gasteiger partial charge in [-0.3, -0.25) is 13.8 Å². The maximum atomic E-state index is 13.0. The molecule has 3 atom stereocenters. The number of amides is 1. The van der Waals surface area contributed by atoms with Gasteiger partial charge in [-0.15, -0.1) is 0 Å². The van der Waals surface area contributed by atoms with E-state index < -0.39 is 20.0 Å². The molecule has 1 amide bonds. The number of aliphatic hydroxyl groups is 1. The van der Waals surface area contributed by atoms with E-state index in [9.17, 15) is 19.4 Å². The first-order valence-electron chi connectivity index (χ1n) is 30.7. The second-order valence-corrected chi connectivity index (χ2v) is 23.5. The van der Waals surface area contributed by atoms with Crippen LogP contribution in [-0.4, -0.2) is 73.4 Å². The van der Waals surface area contributed by atoms with Gasteiger partial charge in [0, 0.05) is 6.42 Å². The summed E-state index contributed by atoms with van der Waals surface area (Å²) in [6.45, 7) is 4.73. The average Bonchev–Trinajstić information content (AvgIpc) is 3.34. The molecule has 3 unspecified atom stereocenters. The molecule has 0 rings (SSSR count). The number of quaternary nitrogens is 1. The molecule has 0 aliphatic rings. The van der Waals surface area contributed by atoms with Crippen molar-refractivity contribution in [3.63, 3.8) is 0 Å². The highest BCUT2D eigenvalue weighted by Crippen LogP contribution is 2.43. The zero-order chi connectivity index (χ0) is 52.7. The van der Waals surface area contributed by atoms with Gasteiger partial charge in [0.2, 0.25) is 5.91 Å². The average molecular weight is 1030 g/mol. The van der Waals surface area contributed by atoms with E-state index >= 15 is 0 Å². The summed E-state index contributed by atoms with van der Waals surface area (Å²) in [5.74, 6) is -0.178. The molecule has 0 aromatic rings. The van der Waals surface area contributed by atoms with Crippen molar-refractivity contribution in [1.29, 1.82) is 0 Å². The molecule has 422 valence electrons.